The highest BCUT2D eigenvalue weighted by Gasteiger charge is 2.29. The number of Topliss-reactive ketones (excluding diaryl/α,β-unsaturated/α-hetero) is 1. The largest absolute Gasteiger partial charge is 0.327 e. The van der Waals surface area contributed by atoms with Gasteiger partial charge in [-0.25, -0.2) is 0 Å². The molecule has 2 unspecified atom stereocenters. The number of ketones is 1. The molecule has 1 aliphatic rings. The van der Waals surface area contributed by atoms with Crippen LogP contribution in [-0.4, -0.2) is 11.8 Å². The molecule has 0 aromatic rings. The van der Waals surface area contributed by atoms with E-state index < -0.39 is 0 Å². The fourth-order valence-electron chi connectivity index (χ4n) is 2.30. The van der Waals surface area contributed by atoms with E-state index in [0.717, 1.165) is 12.8 Å². The quantitative estimate of drug-likeness (QED) is 0.654. The number of nitrogens with two attached hydrogens (primary N) is 1. The molecule has 0 bridgehead atoms. The second-order valence-corrected chi connectivity index (χ2v) is 5.36. The van der Waals surface area contributed by atoms with Gasteiger partial charge in [0.15, 0.2) is 0 Å². The van der Waals surface area contributed by atoms with Crippen LogP contribution in [0.25, 0.3) is 0 Å². The molecule has 16 heavy (non-hydrogen) atoms. The number of hydrogen-bond donors (Lipinski definition) is 1. The van der Waals surface area contributed by atoms with Crippen molar-refractivity contribution in [1.29, 1.82) is 0 Å². The van der Waals surface area contributed by atoms with Gasteiger partial charge in [-0.1, -0.05) is 39.5 Å². The predicted molar refractivity (Wildman–Crippen MR) is 68.2 cm³/mol. The molecule has 1 rings (SSSR count). The van der Waals surface area contributed by atoms with Gasteiger partial charge in [-0.05, 0) is 24.7 Å². The Morgan fingerprint density at radius 1 is 1.31 bits per heavy atom. The van der Waals surface area contributed by atoms with Gasteiger partial charge in [0.2, 0.25) is 0 Å². The number of carbonyl (C=O) groups is 1. The Bertz CT molecular complexity index is 211. The minimum Gasteiger partial charge on any atom is -0.327 e. The molecule has 1 saturated carbocycles. The first-order chi connectivity index (χ1) is 7.67. The van der Waals surface area contributed by atoms with Gasteiger partial charge in [-0.2, -0.15) is 0 Å². The van der Waals surface area contributed by atoms with Crippen molar-refractivity contribution in [1.82, 2.24) is 0 Å². The summed E-state index contributed by atoms with van der Waals surface area (Å²) in [5.74, 6) is 1.64. The fraction of sp³-hybridized carbons (Fsp3) is 0.929. The first-order valence-corrected chi connectivity index (χ1v) is 6.94. The Hall–Kier alpha value is -0.370. The van der Waals surface area contributed by atoms with E-state index in [1.807, 2.05) is 0 Å². The summed E-state index contributed by atoms with van der Waals surface area (Å²) in [4.78, 5) is 11.8. The molecule has 2 nitrogen and oxygen atoms in total. The van der Waals surface area contributed by atoms with Gasteiger partial charge in [-0.15, -0.1) is 0 Å². The molecule has 0 radical (unpaired) electrons. The van der Waals surface area contributed by atoms with Crippen molar-refractivity contribution in [3.8, 4) is 0 Å². The molecule has 0 heterocycles. The van der Waals surface area contributed by atoms with Crippen molar-refractivity contribution < 1.29 is 4.79 Å². The minimum absolute atomic E-state index is 0.149. The standard InChI is InChI=1S/C14H27NO/c1-3-5-6-11(4-2)9-13(16)10-14(15)12-7-8-12/h11-12,14H,3-10,15H2,1-2H3. The number of rotatable bonds is 9. The molecule has 0 aromatic heterocycles. The SMILES string of the molecule is CCCCC(CC)CC(=O)CC(N)C1CC1. The van der Waals surface area contributed by atoms with Crippen LogP contribution in [0.2, 0.25) is 0 Å². The minimum atomic E-state index is 0.149. The third kappa shape index (κ3) is 5.11. The maximum atomic E-state index is 11.8. The lowest BCUT2D eigenvalue weighted by atomic mass is 9.91. The van der Waals surface area contributed by atoms with E-state index in [1.165, 1.54) is 32.1 Å². The molecule has 1 fully saturated rings. The highest BCUT2D eigenvalue weighted by atomic mass is 16.1. The van der Waals surface area contributed by atoms with Crippen molar-refractivity contribution in [3.63, 3.8) is 0 Å². The van der Waals surface area contributed by atoms with Gasteiger partial charge in [0.05, 0.1) is 0 Å². The molecule has 0 amide bonds. The van der Waals surface area contributed by atoms with E-state index in [1.54, 1.807) is 0 Å². The summed E-state index contributed by atoms with van der Waals surface area (Å²) in [5, 5.41) is 0. The summed E-state index contributed by atoms with van der Waals surface area (Å²) in [6.45, 7) is 4.39. The van der Waals surface area contributed by atoms with Crippen LogP contribution in [0.15, 0.2) is 0 Å². The topological polar surface area (TPSA) is 43.1 Å². The van der Waals surface area contributed by atoms with Crippen LogP contribution >= 0.6 is 0 Å². The Morgan fingerprint density at radius 3 is 2.50 bits per heavy atom. The van der Waals surface area contributed by atoms with Gasteiger partial charge in [0.25, 0.3) is 0 Å². The van der Waals surface area contributed by atoms with Crippen LogP contribution in [0.4, 0.5) is 0 Å². The van der Waals surface area contributed by atoms with Crippen LogP contribution in [0, 0.1) is 11.8 Å². The normalized spacial score (nSPS) is 19.4. The van der Waals surface area contributed by atoms with Gasteiger partial charge >= 0.3 is 0 Å². The zero-order valence-electron chi connectivity index (χ0n) is 10.9. The lowest BCUT2D eigenvalue weighted by molar-refractivity contribution is -0.120. The lowest BCUT2D eigenvalue weighted by Crippen LogP contribution is -2.26. The van der Waals surface area contributed by atoms with Crippen molar-refractivity contribution in [2.45, 2.75) is 71.3 Å². The van der Waals surface area contributed by atoms with E-state index in [2.05, 4.69) is 13.8 Å². The van der Waals surface area contributed by atoms with Crippen molar-refractivity contribution >= 4 is 5.78 Å². The van der Waals surface area contributed by atoms with Crippen molar-refractivity contribution in [3.05, 3.63) is 0 Å². The molecule has 2 atom stereocenters. The summed E-state index contributed by atoms with van der Waals surface area (Å²) in [5.41, 5.74) is 5.98. The van der Waals surface area contributed by atoms with E-state index in [-0.39, 0.29) is 6.04 Å². The Morgan fingerprint density at radius 2 is 2.00 bits per heavy atom. The Kier molecular flexibility index (Phi) is 6.04. The predicted octanol–water partition coefficient (Wildman–Crippen LogP) is 3.29. The van der Waals surface area contributed by atoms with E-state index in [9.17, 15) is 4.79 Å². The summed E-state index contributed by atoms with van der Waals surface area (Å²) in [6.07, 6.45) is 8.67. The molecule has 0 saturated heterocycles. The van der Waals surface area contributed by atoms with Crippen LogP contribution < -0.4 is 5.73 Å². The highest BCUT2D eigenvalue weighted by Crippen LogP contribution is 2.33. The van der Waals surface area contributed by atoms with Gasteiger partial charge < -0.3 is 5.73 Å². The Labute approximate surface area is 100.0 Å². The molecular formula is C14H27NO. The van der Waals surface area contributed by atoms with E-state index in [0.29, 0.717) is 24.0 Å². The summed E-state index contributed by atoms with van der Waals surface area (Å²) in [7, 11) is 0. The van der Waals surface area contributed by atoms with Crippen molar-refractivity contribution in [2.24, 2.45) is 17.6 Å². The molecule has 0 aliphatic heterocycles. The molecule has 0 aromatic carbocycles. The van der Waals surface area contributed by atoms with Crippen LogP contribution in [-0.2, 0) is 4.79 Å². The zero-order valence-corrected chi connectivity index (χ0v) is 10.9. The van der Waals surface area contributed by atoms with Crippen LogP contribution in [0.1, 0.15) is 65.2 Å². The second-order valence-electron chi connectivity index (χ2n) is 5.36. The molecular weight excluding hydrogens is 198 g/mol. The number of unbranched alkanes of at least 4 members (excludes halogenated alkanes) is 1. The maximum absolute atomic E-state index is 11.8. The number of carbonyl (C=O) groups excluding carboxylic acids is 1. The third-order valence-corrected chi connectivity index (χ3v) is 3.75. The molecule has 2 heteroatoms. The summed E-state index contributed by atoms with van der Waals surface area (Å²) >= 11 is 0. The Balaban J connectivity index is 2.19. The molecule has 1 aliphatic carbocycles. The monoisotopic (exact) mass is 225 g/mol. The summed E-state index contributed by atoms with van der Waals surface area (Å²) in [6, 6.07) is 0.149. The molecule has 0 spiro atoms. The lowest BCUT2D eigenvalue weighted by Gasteiger charge is -2.15. The van der Waals surface area contributed by atoms with Gasteiger partial charge in [0.1, 0.15) is 5.78 Å². The van der Waals surface area contributed by atoms with Crippen LogP contribution in [0.5, 0.6) is 0 Å². The first kappa shape index (κ1) is 13.7. The van der Waals surface area contributed by atoms with Crippen molar-refractivity contribution in [2.75, 3.05) is 0 Å². The van der Waals surface area contributed by atoms with Crippen LogP contribution in [0.3, 0.4) is 0 Å². The van der Waals surface area contributed by atoms with Gasteiger partial charge in [-0.3, -0.25) is 4.79 Å². The molecule has 2 N–H and O–H groups in total. The first-order valence-electron chi connectivity index (χ1n) is 6.94. The van der Waals surface area contributed by atoms with Gasteiger partial charge in [0, 0.05) is 18.9 Å². The summed E-state index contributed by atoms with van der Waals surface area (Å²) < 4.78 is 0. The van der Waals surface area contributed by atoms with E-state index in [4.69, 9.17) is 5.73 Å². The second kappa shape index (κ2) is 7.05. The molecule has 94 valence electrons. The smallest absolute Gasteiger partial charge is 0.134 e. The number of hydrogen-bond acceptors (Lipinski definition) is 2. The third-order valence-electron chi connectivity index (χ3n) is 3.75. The average Bonchev–Trinajstić information content (AvgIpc) is 3.07. The fourth-order valence-corrected chi connectivity index (χ4v) is 2.30. The average molecular weight is 225 g/mol. The van der Waals surface area contributed by atoms with E-state index >= 15 is 0 Å². The maximum Gasteiger partial charge on any atom is 0.134 e. The zero-order chi connectivity index (χ0) is 12.0. The highest BCUT2D eigenvalue weighted by molar-refractivity contribution is 5.79.